The third-order valence-electron chi connectivity index (χ3n) is 7.20. The van der Waals surface area contributed by atoms with Crippen LogP contribution in [0.4, 0.5) is 5.69 Å². The van der Waals surface area contributed by atoms with Crippen LogP contribution < -0.4 is 11.5 Å². The van der Waals surface area contributed by atoms with Gasteiger partial charge in [-0.15, -0.1) is 0 Å². The lowest BCUT2D eigenvalue weighted by atomic mass is 9.72. The number of nitrogens with zero attached hydrogens (tertiary/aromatic N) is 1. The van der Waals surface area contributed by atoms with E-state index in [0.29, 0.717) is 16.8 Å². The van der Waals surface area contributed by atoms with Gasteiger partial charge >= 0.3 is 0 Å². The van der Waals surface area contributed by atoms with E-state index in [9.17, 15) is 34.8 Å². The van der Waals surface area contributed by atoms with Gasteiger partial charge in [-0.3, -0.25) is 19.3 Å². The molecule has 0 fully saturated rings. The lowest BCUT2D eigenvalue weighted by molar-refractivity contribution is -0.121. The second kappa shape index (κ2) is 10.8. The molecule has 0 heterocycles. The van der Waals surface area contributed by atoms with Gasteiger partial charge in [0.2, 0.25) is 0 Å². The first-order chi connectivity index (χ1) is 18.4. The average Bonchev–Trinajstić information content (AvgIpc) is 2.83. The van der Waals surface area contributed by atoms with E-state index in [0.717, 1.165) is 5.56 Å². The Labute approximate surface area is 225 Å². The Morgan fingerprint density at radius 2 is 1.69 bits per heavy atom. The monoisotopic (exact) mass is 533 g/mol. The second-order valence-corrected chi connectivity index (χ2v) is 10.1. The molecule has 0 saturated carbocycles. The first kappa shape index (κ1) is 27.6. The molecule has 3 atom stereocenters. The quantitative estimate of drug-likeness (QED) is 0.195. The number of amides is 1. The highest BCUT2D eigenvalue weighted by Gasteiger charge is 2.41. The highest BCUT2D eigenvalue weighted by molar-refractivity contribution is 6.20. The predicted molar refractivity (Wildman–Crippen MR) is 146 cm³/mol. The van der Waals surface area contributed by atoms with Crippen molar-refractivity contribution in [1.29, 1.82) is 0 Å². The molecule has 10 nitrogen and oxygen atoms in total. The van der Waals surface area contributed by atoms with Crippen molar-refractivity contribution in [2.75, 3.05) is 19.8 Å². The Bertz CT molecular complexity index is 1440. The molecule has 1 amide bonds. The summed E-state index contributed by atoms with van der Waals surface area (Å²) in [5, 5.41) is 43.6. The number of nitrogens with two attached hydrogens (primary N) is 2. The minimum absolute atomic E-state index is 0.0103. The first-order valence-corrected chi connectivity index (χ1v) is 12.4. The van der Waals surface area contributed by atoms with Crippen molar-refractivity contribution in [1.82, 2.24) is 4.90 Å². The summed E-state index contributed by atoms with van der Waals surface area (Å²) < 4.78 is 0. The highest BCUT2D eigenvalue weighted by atomic mass is 16.3. The van der Waals surface area contributed by atoms with Crippen LogP contribution in [0.1, 0.15) is 39.9 Å². The second-order valence-electron chi connectivity index (χ2n) is 10.1. The predicted octanol–water partition coefficient (Wildman–Crippen LogP) is 2.26. The molecule has 10 heteroatoms. The molecule has 0 saturated heterocycles. The number of carbonyl (C=O) groups excluding carboxylic acids is 3. The fraction of sp³-hybridized carbons (Fsp3) is 0.276. The molecule has 0 unspecified atom stereocenters. The number of primary amides is 1. The maximum absolute atomic E-state index is 13.7. The van der Waals surface area contributed by atoms with E-state index in [1.54, 1.807) is 38.4 Å². The van der Waals surface area contributed by atoms with Crippen LogP contribution >= 0.6 is 0 Å². The number of phenols is 1. The number of anilines is 1. The molecule has 2 aromatic rings. The number of aliphatic hydroxyl groups is 3. The Kier molecular flexibility index (Phi) is 7.62. The fourth-order valence-electron chi connectivity index (χ4n) is 5.39. The lowest BCUT2D eigenvalue weighted by Gasteiger charge is -2.35. The number of nitrogen functional groups attached to an aromatic ring is 1. The molecule has 2 aromatic carbocycles. The molecule has 0 spiro atoms. The summed E-state index contributed by atoms with van der Waals surface area (Å²) in [6.45, 7) is 0. The van der Waals surface area contributed by atoms with Crippen molar-refractivity contribution in [2.45, 2.75) is 31.4 Å². The van der Waals surface area contributed by atoms with Gasteiger partial charge in [0.05, 0.1) is 24.1 Å². The summed E-state index contributed by atoms with van der Waals surface area (Å²) in [5.41, 5.74) is 12.9. The van der Waals surface area contributed by atoms with Crippen LogP contribution in [0.25, 0.3) is 12.2 Å². The van der Waals surface area contributed by atoms with Crippen LogP contribution in [0.2, 0.25) is 0 Å². The van der Waals surface area contributed by atoms with E-state index in [-0.39, 0.29) is 29.7 Å². The summed E-state index contributed by atoms with van der Waals surface area (Å²) in [5.74, 6) is -5.25. The van der Waals surface area contributed by atoms with Crippen LogP contribution in [0, 0.1) is 5.92 Å². The maximum Gasteiger partial charge on any atom is 0.255 e. The summed E-state index contributed by atoms with van der Waals surface area (Å²) in [7, 11) is 3.10. The summed E-state index contributed by atoms with van der Waals surface area (Å²) in [4.78, 5) is 40.2. The number of ketones is 2. The van der Waals surface area contributed by atoms with Crippen molar-refractivity contribution in [3.8, 4) is 5.75 Å². The maximum atomic E-state index is 13.7. The molecular formula is C29H31N3O7. The standard InChI is InChI=1S/C29H31N3O7/c1-32(2)26-22(36)12-16-11-18-15(6-3-14-4-8-17(30)9-5-14)7-10-19(33)24(18)27(37)23(16)20(34)13-21(35)25(28(26)38)29(31)39/h3-10,16,22,26,33-34,36,38H,11-13,30H2,1-2H3,(H2,31,39)/b6-3+,23-20-,28-25-/t16-,22-,26-/m0/s1. The van der Waals surface area contributed by atoms with Crippen molar-refractivity contribution in [3.05, 3.63) is 81.3 Å². The smallest absolute Gasteiger partial charge is 0.255 e. The molecule has 0 aromatic heterocycles. The van der Waals surface area contributed by atoms with E-state index in [4.69, 9.17) is 11.5 Å². The molecular weight excluding hydrogens is 502 g/mol. The number of rotatable bonds is 4. The topological polar surface area (TPSA) is 187 Å². The van der Waals surface area contributed by atoms with E-state index in [2.05, 4.69) is 0 Å². The van der Waals surface area contributed by atoms with Crippen LogP contribution in [0.5, 0.6) is 5.75 Å². The Morgan fingerprint density at radius 1 is 1.03 bits per heavy atom. The van der Waals surface area contributed by atoms with Gasteiger partial charge in [-0.25, -0.2) is 0 Å². The summed E-state index contributed by atoms with van der Waals surface area (Å²) >= 11 is 0. The number of benzene rings is 2. The van der Waals surface area contributed by atoms with Gasteiger partial charge in [-0.2, -0.15) is 0 Å². The van der Waals surface area contributed by atoms with Crippen LogP contribution in [0.15, 0.2) is 59.1 Å². The lowest BCUT2D eigenvalue weighted by Crippen LogP contribution is -2.45. The molecule has 4 rings (SSSR count). The van der Waals surface area contributed by atoms with Crippen LogP contribution in [-0.4, -0.2) is 69.0 Å². The van der Waals surface area contributed by atoms with Crippen molar-refractivity contribution in [3.63, 3.8) is 0 Å². The molecule has 0 bridgehead atoms. The van der Waals surface area contributed by atoms with Gasteiger partial charge in [0.25, 0.3) is 5.91 Å². The number of hydrogen-bond donors (Lipinski definition) is 6. The Morgan fingerprint density at radius 3 is 2.31 bits per heavy atom. The third kappa shape index (κ3) is 5.29. The minimum Gasteiger partial charge on any atom is -0.511 e. The van der Waals surface area contributed by atoms with Crippen LogP contribution in [0.3, 0.4) is 0 Å². The number of likely N-dealkylation sites (N-methyl/N-ethyl adjacent to an activating group) is 1. The largest absolute Gasteiger partial charge is 0.511 e. The van der Waals surface area contributed by atoms with E-state index >= 15 is 0 Å². The van der Waals surface area contributed by atoms with Gasteiger partial charge < -0.3 is 31.9 Å². The molecule has 2 aliphatic carbocycles. The molecule has 39 heavy (non-hydrogen) atoms. The molecule has 8 N–H and O–H groups in total. The van der Waals surface area contributed by atoms with Gasteiger partial charge in [0.1, 0.15) is 22.8 Å². The minimum atomic E-state index is -1.35. The summed E-state index contributed by atoms with van der Waals surface area (Å²) in [6.07, 6.45) is 1.55. The van der Waals surface area contributed by atoms with E-state index in [1.807, 2.05) is 18.2 Å². The molecule has 204 valence electrons. The van der Waals surface area contributed by atoms with Gasteiger partial charge in [-0.1, -0.05) is 30.4 Å². The van der Waals surface area contributed by atoms with Crippen LogP contribution in [-0.2, 0) is 16.0 Å². The zero-order valence-corrected chi connectivity index (χ0v) is 21.6. The first-order valence-electron chi connectivity index (χ1n) is 12.4. The number of fused-ring (bicyclic) bond motifs is 2. The molecule has 0 radical (unpaired) electrons. The van der Waals surface area contributed by atoms with E-state index in [1.165, 1.54) is 11.0 Å². The van der Waals surface area contributed by atoms with Gasteiger partial charge in [-0.05, 0) is 67.7 Å². The molecule has 0 aliphatic heterocycles. The number of phenolic OH excluding ortho intramolecular Hbond substituents is 1. The number of aromatic hydroxyl groups is 1. The molecule has 2 aliphatic rings. The highest BCUT2D eigenvalue weighted by Crippen LogP contribution is 2.41. The summed E-state index contributed by atoms with van der Waals surface area (Å²) in [6, 6.07) is 9.05. The normalized spacial score (nSPS) is 26.0. The number of allylic oxidation sites excluding steroid dienone is 2. The average molecular weight is 534 g/mol. The Balaban J connectivity index is 1.85. The number of aliphatic hydroxyl groups excluding tert-OH is 3. The zero-order chi connectivity index (χ0) is 28.6. The third-order valence-corrected chi connectivity index (χ3v) is 7.20. The fourth-order valence-corrected chi connectivity index (χ4v) is 5.39. The van der Waals surface area contributed by atoms with Crippen molar-refractivity contribution >= 4 is 35.3 Å². The van der Waals surface area contributed by atoms with Gasteiger partial charge in [0, 0.05) is 11.3 Å². The van der Waals surface area contributed by atoms with Crippen molar-refractivity contribution < 1.29 is 34.8 Å². The number of carbonyl (C=O) groups is 3. The Hall–Kier alpha value is -4.41. The van der Waals surface area contributed by atoms with Crippen molar-refractivity contribution in [2.24, 2.45) is 11.7 Å². The number of Topliss-reactive ketones (excluding diaryl/α,β-unsaturated/α-hetero) is 2. The zero-order valence-electron chi connectivity index (χ0n) is 21.6. The van der Waals surface area contributed by atoms with E-state index < -0.39 is 59.0 Å². The van der Waals surface area contributed by atoms with Gasteiger partial charge in [0.15, 0.2) is 11.6 Å². The number of hydrogen-bond acceptors (Lipinski definition) is 9. The SMILES string of the molecule is CN(C)[C@@H]1/C(O)=C(/C(N)=O)C(=O)C/C(O)=C2/C(=O)c3c(O)ccc(/C=C/c4ccc(N)cc4)c3C[C@H]2C[C@@H]1O.